The molecular weight excluding hydrogens is 382 g/mol. The van der Waals surface area contributed by atoms with E-state index in [1.165, 1.54) is 0 Å². The zero-order chi connectivity index (χ0) is 19.9. The van der Waals surface area contributed by atoms with E-state index in [2.05, 4.69) is 11.1 Å². The van der Waals surface area contributed by atoms with Gasteiger partial charge in [0.15, 0.2) is 6.10 Å². The number of aromatic nitrogens is 1. The first kappa shape index (κ1) is 19.8. The van der Waals surface area contributed by atoms with Crippen molar-refractivity contribution in [2.24, 2.45) is 0 Å². The van der Waals surface area contributed by atoms with Gasteiger partial charge in [0.05, 0.1) is 5.60 Å². The van der Waals surface area contributed by atoms with Crippen LogP contribution in [0.4, 0.5) is 0 Å². The SMILES string of the molecule is Cc1cc2c(-c3ccc(Cl)cc3)c([C@H](OC(C)(C)C)C(=O)O)c(C)nc2s1. The van der Waals surface area contributed by atoms with Crippen LogP contribution in [-0.2, 0) is 9.53 Å². The fourth-order valence-corrected chi connectivity index (χ4v) is 4.20. The monoisotopic (exact) mass is 403 g/mol. The molecule has 0 aliphatic heterocycles. The van der Waals surface area contributed by atoms with E-state index in [9.17, 15) is 9.90 Å². The molecule has 2 heterocycles. The molecule has 0 saturated carbocycles. The van der Waals surface area contributed by atoms with Crippen molar-refractivity contribution >= 4 is 39.1 Å². The summed E-state index contributed by atoms with van der Waals surface area (Å²) in [5.41, 5.74) is 2.37. The summed E-state index contributed by atoms with van der Waals surface area (Å²) in [4.78, 5) is 18.8. The molecule has 142 valence electrons. The molecule has 0 saturated heterocycles. The molecule has 27 heavy (non-hydrogen) atoms. The molecule has 0 fully saturated rings. The van der Waals surface area contributed by atoms with E-state index in [-0.39, 0.29) is 0 Å². The van der Waals surface area contributed by atoms with Gasteiger partial charge in [0.1, 0.15) is 4.83 Å². The van der Waals surface area contributed by atoms with Gasteiger partial charge >= 0.3 is 5.97 Å². The number of carboxylic acid groups (broad SMARTS) is 1. The molecule has 0 amide bonds. The predicted molar refractivity (Wildman–Crippen MR) is 111 cm³/mol. The standard InChI is InChI=1S/C21H22ClNO3S/c1-11-10-15-17(13-6-8-14(22)9-7-13)16(12(2)23-19(15)27-11)18(20(24)25)26-21(3,4)5/h6-10,18H,1-5H3,(H,24,25)/t18-/m0/s1. The van der Waals surface area contributed by atoms with Crippen LogP contribution in [0.1, 0.15) is 43.0 Å². The number of carboxylic acids is 1. The zero-order valence-corrected chi connectivity index (χ0v) is 17.5. The van der Waals surface area contributed by atoms with Crippen LogP contribution in [0.25, 0.3) is 21.3 Å². The topological polar surface area (TPSA) is 59.4 Å². The molecule has 0 unspecified atom stereocenters. The highest BCUT2D eigenvalue weighted by atomic mass is 35.5. The van der Waals surface area contributed by atoms with Gasteiger partial charge in [-0.3, -0.25) is 0 Å². The van der Waals surface area contributed by atoms with E-state index in [4.69, 9.17) is 16.3 Å². The summed E-state index contributed by atoms with van der Waals surface area (Å²) in [6, 6.07) is 9.48. The van der Waals surface area contributed by atoms with Gasteiger partial charge in [-0.2, -0.15) is 0 Å². The maximum atomic E-state index is 12.1. The Morgan fingerprint density at radius 3 is 2.41 bits per heavy atom. The molecule has 4 nitrogen and oxygen atoms in total. The van der Waals surface area contributed by atoms with Gasteiger partial charge in [-0.15, -0.1) is 11.3 Å². The van der Waals surface area contributed by atoms with E-state index in [0.717, 1.165) is 26.2 Å². The van der Waals surface area contributed by atoms with Crippen molar-refractivity contribution in [1.29, 1.82) is 0 Å². The maximum Gasteiger partial charge on any atom is 0.337 e. The van der Waals surface area contributed by atoms with Crippen molar-refractivity contribution in [3.05, 3.63) is 51.5 Å². The molecule has 6 heteroatoms. The van der Waals surface area contributed by atoms with Crippen LogP contribution in [0.3, 0.4) is 0 Å². The molecular formula is C21H22ClNO3S. The Balaban J connectivity index is 2.36. The van der Waals surface area contributed by atoms with E-state index in [0.29, 0.717) is 16.3 Å². The first-order chi connectivity index (χ1) is 12.6. The first-order valence-electron chi connectivity index (χ1n) is 8.64. The van der Waals surface area contributed by atoms with Crippen LogP contribution in [0, 0.1) is 13.8 Å². The van der Waals surface area contributed by atoms with Crippen molar-refractivity contribution < 1.29 is 14.6 Å². The molecule has 1 atom stereocenters. The van der Waals surface area contributed by atoms with Crippen molar-refractivity contribution in [1.82, 2.24) is 4.98 Å². The molecule has 0 spiro atoms. The third-order valence-corrected chi connectivity index (χ3v) is 5.32. The van der Waals surface area contributed by atoms with Gasteiger partial charge in [-0.1, -0.05) is 23.7 Å². The normalized spacial score (nSPS) is 13.1. The van der Waals surface area contributed by atoms with Crippen molar-refractivity contribution in [3.8, 4) is 11.1 Å². The fraction of sp³-hybridized carbons (Fsp3) is 0.333. The Kier molecular flexibility index (Phi) is 5.30. The predicted octanol–water partition coefficient (Wildman–Crippen LogP) is 6.17. The van der Waals surface area contributed by atoms with Crippen LogP contribution < -0.4 is 0 Å². The molecule has 0 bridgehead atoms. The van der Waals surface area contributed by atoms with Crippen LogP contribution >= 0.6 is 22.9 Å². The number of halogens is 1. The Bertz CT molecular complexity index is 1000. The number of thiophene rings is 1. The van der Waals surface area contributed by atoms with Gasteiger partial charge in [-0.05, 0) is 58.4 Å². The van der Waals surface area contributed by atoms with E-state index in [1.54, 1.807) is 11.3 Å². The van der Waals surface area contributed by atoms with E-state index in [1.807, 2.05) is 58.9 Å². The number of pyridine rings is 1. The molecule has 3 aromatic rings. The third-order valence-electron chi connectivity index (χ3n) is 4.12. The number of hydrogen-bond donors (Lipinski definition) is 1. The summed E-state index contributed by atoms with van der Waals surface area (Å²) in [6.45, 7) is 9.40. The second kappa shape index (κ2) is 7.23. The van der Waals surface area contributed by atoms with Crippen LogP contribution in [0.15, 0.2) is 30.3 Å². The summed E-state index contributed by atoms with van der Waals surface area (Å²) < 4.78 is 5.95. The second-order valence-corrected chi connectivity index (χ2v) is 9.19. The number of ether oxygens (including phenoxy) is 1. The van der Waals surface area contributed by atoms with Gasteiger partial charge in [-0.25, -0.2) is 9.78 Å². The number of hydrogen-bond acceptors (Lipinski definition) is 4. The molecule has 0 aliphatic rings. The van der Waals surface area contributed by atoms with Crippen molar-refractivity contribution in [2.75, 3.05) is 0 Å². The van der Waals surface area contributed by atoms with E-state index < -0.39 is 17.7 Å². The first-order valence-corrected chi connectivity index (χ1v) is 9.83. The molecule has 0 radical (unpaired) electrons. The third kappa shape index (κ3) is 4.15. The van der Waals surface area contributed by atoms with Gasteiger partial charge < -0.3 is 9.84 Å². The lowest BCUT2D eigenvalue weighted by Gasteiger charge is -2.27. The number of fused-ring (bicyclic) bond motifs is 1. The van der Waals surface area contributed by atoms with Crippen LogP contribution in [-0.4, -0.2) is 21.7 Å². The average Bonchev–Trinajstić information content (AvgIpc) is 2.91. The summed E-state index contributed by atoms with van der Waals surface area (Å²) in [5.74, 6) is -1.03. The molecule has 2 aromatic heterocycles. The molecule has 0 aliphatic carbocycles. The van der Waals surface area contributed by atoms with E-state index >= 15 is 0 Å². The highest BCUT2D eigenvalue weighted by molar-refractivity contribution is 7.18. The zero-order valence-electron chi connectivity index (χ0n) is 16.0. The van der Waals surface area contributed by atoms with Gasteiger partial charge in [0.25, 0.3) is 0 Å². The molecule has 1 aromatic carbocycles. The molecule has 3 rings (SSSR count). The number of rotatable bonds is 4. The quantitative estimate of drug-likeness (QED) is 0.565. The van der Waals surface area contributed by atoms with Gasteiger partial charge in [0, 0.05) is 32.1 Å². The Morgan fingerprint density at radius 1 is 1.22 bits per heavy atom. The lowest BCUT2D eigenvalue weighted by atomic mass is 9.92. The smallest absolute Gasteiger partial charge is 0.337 e. The Labute approximate surface area is 167 Å². The Morgan fingerprint density at radius 2 is 1.85 bits per heavy atom. The summed E-state index contributed by atoms with van der Waals surface area (Å²) in [6.07, 6.45) is -1.12. The van der Waals surface area contributed by atoms with Crippen molar-refractivity contribution in [3.63, 3.8) is 0 Å². The minimum atomic E-state index is -1.12. The average molecular weight is 404 g/mol. The number of nitrogens with zero attached hydrogens (tertiary/aromatic N) is 1. The molecule has 1 N–H and O–H groups in total. The minimum absolute atomic E-state index is 0.588. The largest absolute Gasteiger partial charge is 0.479 e. The highest BCUT2D eigenvalue weighted by Gasteiger charge is 2.32. The maximum absolute atomic E-state index is 12.1. The van der Waals surface area contributed by atoms with Crippen molar-refractivity contribution in [2.45, 2.75) is 46.3 Å². The van der Waals surface area contributed by atoms with Crippen LogP contribution in [0.5, 0.6) is 0 Å². The summed E-state index contributed by atoms with van der Waals surface area (Å²) >= 11 is 7.66. The fourth-order valence-electron chi connectivity index (χ4n) is 3.14. The number of benzene rings is 1. The summed E-state index contributed by atoms with van der Waals surface area (Å²) in [5, 5.41) is 11.5. The van der Waals surface area contributed by atoms with Gasteiger partial charge in [0.2, 0.25) is 0 Å². The second-order valence-electron chi connectivity index (χ2n) is 7.52. The lowest BCUT2D eigenvalue weighted by Crippen LogP contribution is -2.28. The highest BCUT2D eigenvalue weighted by Crippen LogP contribution is 2.41. The van der Waals surface area contributed by atoms with Crippen LogP contribution in [0.2, 0.25) is 5.02 Å². The lowest BCUT2D eigenvalue weighted by molar-refractivity contribution is -0.160. The minimum Gasteiger partial charge on any atom is -0.479 e. The number of carbonyl (C=O) groups is 1. The summed E-state index contributed by atoms with van der Waals surface area (Å²) in [7, 11) is 0. The Hall–Kier alpha value is -1.95. The number of aryl methyl sites for hydroxylation is 2. The number of aliphatic carboxylic acids is 1.